The van der Waals surface area contributed by atoms with Crippen LogP contribution in [0.15, 0.2) is 82.6 Å². The molecule has 0 fully saturated rings. The van der Waals surface area contributed by atoms with Crippen molar-refractivity contribution in [3.05, 3.63) is 89.7 Å². The second-order valence-corrected chi connectivity index (χ2v) is 12.1. The molecule has 3 aromatic carbocycles. The number of carbonyl (C=O) groups excluding carboxylic acids is 1. The fraction of sp³-hybridized carbons (Fsp3) is 0.296. The largest absolute Gasteiger partial charge is 0.348 e. The number of hydrogen-bond acceptors (Lipinski definition) is 4. The van der Waals surface area contributed by atoms with Gasteiger partial charge in [-0.3, -0.25) is 9.10 Å². The molecule has 186 valence electrons. The van der Waals surface area contributed by atoms with Crippen molar-refractivity contribution < 1.29 is 17.6 Å². The molecular weight excluding hydrogens is 483 g/mol. The Morgan fingerprint density at radius 3 is 2.20 bits per heavy atom. The van der Waals surface area contributed by atoms with E-state index in [1.165, 1.54) is 47.7 Å². The number of amides is 1. The van der Waals surface area contributed by atoms with Crippen molar-refractivity contribution in [2.75, 3.05) is 17.1 Å². The van der Waals surface area contributed by atoms with Crippen LogP contribution in [0.4, 0.5) is 10.1 Å². The van der Waals surface area contributed by atoms with Gasteiger partial charge in [-0.1, -0.05) is 51.1 Å². The first-order chi connectivity index (χ1) is 16.4. The number of benzene rings is 3. The summed E-state index contributed by atoms with van der Waals surface area (Å²) < 4.78 is 41.9. The highest BCUT2D eigenvalue weighted by atomic mass is 32.2. The summed E-state index contributed by atoms with van der Waals surface area (Å²) in [5.74, 6) is -1.08. The normalized spacial score (nSPS) is 12.7. The van der Waals surface area contributed by atoms with Crippen LogP contribution in [0, 0.1) is 5.82 Å². The average molecular weight is 515 g/mol. The maximum Gasteiger partial charge on any atom is 0.264 e. The van der Waals surface area contributed by atoms with Gasteiger partial charge in [-0.15, -0.1) is 11.8 Å². The van der Waals surface area contributed by atoms with E-state index in [1.807, 2.05) is 37.4 Å². The van der Waals surface area contributed by atoms with Crippen LogP contribution in [0.2, 0.25) is 0 Å². The third kappa shape index (κ3) is 6.64. The van der Waals surface area contributed by atoms with Crippen molar-refractivity contribution in [1.29, 1.82) is 0 Å². The Morgan fingerprint density at radius 2 is 1.66 bits per heavy atom. The summed E-state index contributed by atoms with van der Waals surface area (Å²) in [4.78, 5) is 13.9. The number of halogens is 1. The second kappa shape index (κ2) is 10.8. The molecule has 0 spiro atoms. The molecule has 0 saturated heterocycles. The standard InChI is InChI=1S/C27H31FN2O3S2/c1-19(20-9-11-21(12-10-20)27(2,3)4)29-26(31)18-30(23-8-6-7-22(28)17-23)35(32,33)25-15-13-24(34-5)14-16-25/h6-17,19H,18H2,1-5H3,(H,29,31). The van der Waals surface area contributed by atoms with Gasteiger partial charge in [0.25, 0.3) is 10.0 Å². The van der Waals surface area contributed by atoms with Gasteiger partial charge in [-0.25, -0.2) is 12.8 Å². The molecule has 0 aliphatic carbocycles. The molecule has 3 rings (SSSR count). The zero-order valence-corrected chi connectivity index (χ0v) is 22.2. The first-order valence-electron chi connectivity index (χ1n) is 11.2. The van der Waals surface area contributed by atoms with Gasteiger partial charge < -0.3 is 5.32 Å². The fourth-order valence-corrected chi connectivity index (χ4v) is 5.41. The van der Waals surface area contributed by atoms with Crippen LogP contribution in [0.1, 0.15) is 44.9 Å². The lowest BCUT2D eigenvalue weighted by molar-refractivity contribution is -0.120. The number of rotatable bonds is 8. The first kappa shape index (κ1) is 26.8. The lowest BCUT2D eigenvalue weighted by Crippen LogP contribution is -2.41. The van der Waals surface area contributed by atoms with Crippen molar-refractivity contribution in [3.8, 4) is 0 Å². The molecule has 0 saturated carbocycles. The Morgan fingerprint density at radius 1 is 1.03 bits per heavy atom. The lowest BCUT2D eigenvalue weighted by atomic mass is 9.86. The smallest absolute Gasteiger partial charge is 0.264 e. The lowest BCUT2D eigenvalue weighted by Gasteiger charge is -2.25. The van der Waals surface area contributed by atoms with Gasteiger partial charge in [0, 0.05) is 4.90 Å². The Balaban J connectivity index is 1.85. The van der Waals surface area contributed by atoms with E-state index < -0.39 is 28.3 Å². The molecule has 0 bridgehead atoms. The molecule has 8 heteroatoms. The zero-order valence-electron chi connectivity index (χ0n) is 20.6. The number of nitrogens with one attached hydrogen (secondary N) is 1. The van der Waals surface area contributed by atoms with Crippen molar-refractivity contribution in [2.45, 2.75) is 48.9 Å². The quantitative estimate of drug-likeness (QED) is 0.379. The van der Waals surface area contributed by atoms with Crippen LogP contribution in [0.5, 0.6) is 0 Å². The molecule has 0 heterocycles. The molecule has 5 nitrogen and oxygen atoms in total. The summed E-state index contributed by atoms with van der Waals surface area (Å²) in [7, 11) is -4.12. The van der Waals surface area contributed by atoms with Crippen molar-refractivity contribution >= 4 is 33.4 Å². The second-order valence-electron chi connectivity index (χ2n) is 9.33. The number of anilines is 1. The number of carbonyl (C=O) groups is 1. The van der Waals surface area contributed by atoms with Gasteiger partial charge >= 0.3 is 0 Å². The molecule has 35 heavy (non-hydrogen) atoms. The topological polar surface area (TPSA) is 66.5 Å². The molecule has 1 atom stereocenters. The Hall–Kier alpha value is -2.84. The Labute approximate surface area is 211 Å². The summed E-state index contributed by atoms with van der Waals surface area (Å²) in [5.41, 5.74) is 2.17. The number of nitrogens with zero attached hydrogens (tertiary/aromatic N) is 1. The summed E-state index contributed by atoms with van der Waals surface area (Å²) in [6, 6.07) is 19.2. The summed E-state index contributed by atoms with van der Waals surface area (Å²) in [5, 5.41) is 2.87. The highest BCUT2D eigenvalue weighted by Gasteiger charge is 2.28. The highest BCUT2D eigenvalue weighted by Crippen LogP contribution is 2.27. The van der Waals surface area contributed by atoms with Crippen molar-refractivity contribution in [2.24, 2.45) is 0 Å². The van der Waals surface area contributed by atoms with E-state index in [4.69, 9.17) is 0 Å². The SMILES string of the molecule is CSc1ccc(S(=O)(=O)N(CC(=O)NC(C)c2ccc(C(C)(C)C)cc2)c2cccc(F)c2)cc1. The van der Waals surface area contributed by atoms with Crippen LogP contribution in [-0.4, -0.2) is 27.1 Å². The van der Waals surface area contributed by atoms with Crippen molar-refractivity contribution in [3.63, 3.8) is 0 Å². The molecular formula is C27H31FN2O3S2. The maximum absolute atomic E-state index is 14.0. The molecule has 0 radical (unpaired) electrons. The van der Waals surface area contributed by atoms with Crippen LogP contribution < -0.4 is 9.62 Å². The van der Waals surface area contributed by atoms with E-state index in [-0.39, 0.29) is 22.0 Å². The Bertz CT molecular complexity index is 1270. The molecule has 3 aromatic rings. The van der Waals surface area contributed by atoms with Gasteiger partial charge in [0.15, 0.2) is 0 Å². The van der Waals surface area contributed by atoms with Crippen LogP contribution in [-0.2, 0) is 20.2 Å². The van der Waals surface area contributed by atoms with Crippen LogP contribution in [0.25, 0.3) is 0 Å². The third-order valence-corrected chi connectivity index (χ3v) is 8.22. The highest BCUT2D eigenvalue weighted by molar-refractivity contribution is 7.98. The minimum Gasteiger partial charge on any atom is -0.348 e. The molecule has 0 aromatic heterocycles. The van der Waals surface area contributed by atoms with Gasteiger partial charge in [-0.05, 0) is 72.2 Å². The average Bonchev–Trinajstić information content (AvgIpc) is 2.82. The van der Waals surface area contributed by atoms with Crippen LogP contribution >= 0.6 is 11.8 Å². The predicted octanol–water partition coefficient (Wildman–Crippen LogP) is 5.92. The van der Waals surface area contributed by atoms with E-state index in [2.05, 4.69) is 26.1 Å². The first-order valence-corrected chi connectivity index (χ1v) is 13.9. The third-order valence-electron chi connectivity index (χ3n) is 5.69. The molecule has 1 N–H and O–H groups in total. The molecule has 1 unspecified atom stereocenters. The van der Waals surface area contributed by atoms with E-state index in [0.717, 1.165) is 20.8 Å². The van der Waals surface area contributed by atoms with E-state index in [9.17, 15) is 17.6 Å². The molecule has 1 amide bonds. The minimum atomic E-state index is -4.12. The molecule has 0 aliphatic heterocycles. The molecule has 0 aliphatic rings. The summed E-state index contributed by atoms with van der Waals surface area (Å²) >= 11 is 1.49. The summed E-state index contributed by atoms with van der Waals surface area (Å²) in [6.07, 6.45) is 1.89. The predicted molar refractivity (Wildman–Crippen MR) is 141 cm³/mol. The summed E-state index contributed by atoms with van der Waals surface area (Å²) in [6.45, 7) is 7.74. The van der Waals surface area contributed by atoms with Gasteiger partial charge in [0.05, 0.1) is 16.6 Å². The fourth-order valence-electron chi connectivity index (χ4n) is 3.59. The van der Waals surface area contributed by atoms with Gasteiger partial charge in [0.1, 0.15) is 12.4 Å². The van der Waals surface area contributed by atoms with Gasteiger partial charge in [0.2, 0.25) is 5.91 Å². The number of hydrogen-bond donors (Lipinski definition) is 1. The number of thioether (sulfide) groups is 1. The maximum atomic E-state index is 14.0. The van der Waals surface area contributed by atoms with E-state index >= 15 is 0 Å². The Kier molecular flexibility index (Phi) is 8.28. The monoisotopic (exact) mass is 514 g/mol. The zero-order chi connectivity index (χ0) is 25.8. The van der Waals surface area contributed by atoms with Gasteiger partial charge in [-0.2, -0.15) is 0 Å². The van der Waals surface area contributed by atoms with E-state index in [0.29, 0.717) is 0 Å². The number of sulfonamides is 1. The van der Waals surface area contributed by atoms with Crippen LogP contribution in [0.3, 0.4) is 0 Å². The van der Waals surface area contributed by atoms with E-state index in [1.54, 1.807) is 12.1 Å². The minimum absolute atomic E-state index is 0.0128. The van der Waals surface area contributed by atoms with Crippen molar-refractivity contribution in [1.82, 2.24) is 5.32 Å².